The minimum atomic E-state index is 0. The van der Waals surface area contributed by atoms with Crippen molar-refractivity contribution in [2.45, 2.75) is 51.9 Å². The fraction of sp³-hybridized carbons (Fsp3) is 1.00. The Balaban J connectivity index is 0. The molecule has 1 nitrogen and oxygen atoms in total. The summed E-state index contributed by atoms with van der Waals surface area (Å²) in [5.74, 6) is 1.14. The van der Waals surface area contributed by atoms with E-state index in [9.17, 15) is 0 Å². The van der Waals surface area contributed by atoms with E-state index in [1.807, 2.05) is 0 Å². The van der Waals surface area contributed by atoms with Crippen LogP contribution in [0.25, 0.3) is 0 Å². The molecule has 0 aromatic rings. The summed E-state index contributed by atoms with van der Waals surface area (Å²) in [5, 5.41) is 0. The Morgan fingerprint density at radius 3 is 2.18 bits per heavy atom. The van der Waals surface area contributed by atoms with Gasteiger partial charge in [0.2, 0.25) is 0 Å². The highest BCUT2D eigenvalue weighted by atomic mass is 35.5. The van der Waals surface area contributed by atoms with Gasteiger partial charge >= 0.3 is 0 Å². The van der Waals surface area contributed by atoms with Crippen molar-refractivity contribution >= 4 is 12.4 Å². The van der Waals surface area contributed by atoms with Gasteiger partial charge in [0.1, 0.15) is 0 Å². The summed E-state index contributed by atoms with van der Waals surface area (Å²) in [4.78, 5) is 0. The monoisotopic (exact) mass is 179 g/mol. The van der Waals surface area contributed by atoms with E-state index in [1.165, 1.54) is 44.9 Å². The second-order valence-electron chi connectivity index (χ2n) is 3.29. The van der Waals surface area contributed by atoms with Crippen LogP contribution in [0.1, 0.15) is 51.9 Å². The summed E-state index contributed by atoms with van der Waals surface area (Å²) in [5.41, 5.74) is 0. The average molecular weight is 180 g/mol. The molecule has 1 aliphatic rings. The summed E-state index contributed by atoms with van der Waals surface area (Å²) in [6.07, 6.45) is 10.4. The Morgan fingerprint density at radius 2 is 1.82 bits per heavy atom. The Morgan fingerprint density at radius 1 is 1.18 bits per heavy atom. The zero-order valence-electron chi connectivity index (χ0n) is 7.64. The van der Waals surface area contributed by atoms with Gasteiger partial charge < -0.3 is 6.15 Å². The zero-order valence-corrected chi connectivity index (χ0v) is 8.46. The van der Waals surface area contributed by atoms with Crippen molar-refractivity contribution in [2.75, 3.05) is 0 Å². The van der Waals surface area contributed by atoms with Gasteiger partial charge in [-0.3, -0.25) is 0 Å². The maximum absolute atomic E-state index is 2.28. The fourth-order valence-corrected chi connectivity index (χ4v) is 1.46. The molecule has 0 aromatic carbocycles. The lowest BCUT2D eigenvalue weighted by Gasteiger charge is -2.24. The van der Waals surface area contributed by atoms with Crippen LogP contribution in [0.5, 0.6) is 0 Å². The van der Waals surface area contributed by atoms with E-state index in [-0.39, 0.29) is 18.6 Å². The van der Waals surface area contributed by atoms with Crippen LogP contribution < -0.4 is 6.15 Å². The van der Waals surface area contributed by atoms with E-state index in [1.54, 1.807) is 0 Å². The molecular weight excluding hydrogens is 158 g/mol. The van der Waals surface area contributed by atoms with Crippen LogP contribution in [0.2, 0.25) is 0 Å². The van der Waals surface area contributed by atoms with Crippen LogP contribution in [-0.2, 0) is 0 Å². The SMILES string of the molecule is CCCCCC1CCC1.Cl.N. The van der Waals surface area contributed by atoms with E-state index in [2.05, 4.69) is 6.92 Å². The van der Waals surface area contributed by atoms with Crippen molar-refractivity contribution in [1.29, 1.82) is 0 Å². The molecule has 0 aliphatic heterocycles. The van der Waals surface area contributed by atoms with Crippen LogP contribution in [0.4, 0.5) is 0 Å². The van der Waals surface area contributed by atoms with Crippen molar-refractivity contribution in [1.82, 2.24) is 6.15 Å². The average Bonchev–Trinajstić information content (AvgIpc) is 1.76. The molecule has 1 aliphatic carbocycles. The van der Waals surface area contributed by atoms with Crippen LogP contribution in [0.3, 0.4) is 0 Å². The van der Waals surface area contributed by atoms with Gasteiger partial charge in [-0.1, -0.05) is 51.9 Å². The first kappa shape index (κ1) is 13.8. The molecule has 0 heterocycles. The smallest absolute Gasteiger partial charge is 0.0414 e. The lowest BCUT2D eigenvalue weighted by atomic mass is 9.82. The molecule has 3 N–H and O–H groups in total. The Labute approximate surface area is 76.9 Å². The maximum Gasteiger partial charge on any atom is -0.0414 e. The van der Waals surface area contributed by atoms with Crippen LogP contribution in [-0.4, -0.2) is 0 Å². The molecule has 1 fully saturated rings. The van der Waals surface area contributed by atoms with E-state index < -0.39 is 0 Å². The van der Waals surface area contributed by atoms with Crippen molar-refractivity contribution in [2.24, 2.45) is 5.92 Å². The normalized spacial score (nSPS) is 16.1. The molecule has 0 unspecified atom stereocenters. The molecule has 0 amide bonds. The molecule has 1 rings (SSSR count). The molecular formula is C9H22ClN. The molecule has 0 bridgehead atoms. The number of rotatable bonds is 4. The molecule has 0 spiro atoms. The van der Waals surface area contributed by atoms with Gasteiger partial charge in [0.25, 0.3) is 0 Å². The molecule has 0 saturated heterocycles. The summed E-state index contributed by atoms with van der Waals surface area (Å²) in [6, 6.07) is 0. The predicted octanol–water partition coefficient (Wildman–Crippen LogP) is 3.95. The summed E-state index contributed by atoms with van der Waals surface area (Å²) < 4.78 is 0. The third kappa shape index (κ3) is 5.51. The minimum absolute atomic E-state index is 0. The molecule has 1 saturated carbocycles. The minimum Gasteiger partial charge on any atom is -0.344 e. The van der Waals surface area contributed by atoms with E-state index in [0.29, 0.717) is 0 Å². The van der Waals surface area contributed by atoms with Gasteiger partial charge in [0.05, 0.1) is 0 Å². The summed E-state index contributed by atoms with van der Waals surface area (Å²) >= 11 is 0. The number of halogens is 1. The van der Waals surface area contributed by atoms with Gasteiger partial charge in [-0.2, -0.15) is 0 Å². The number of hydrogen-bond donors (Lipinski definition) is 1. The lowest BCUT2D eigenvalue weighted by Crippen LogP contribution is -2.10. The Bertz CT molecular complexity index is 72.0. The summed E-state index contributed by atoms with van der Waals surface area (Å²) in [7, 11) is 0. The van der Waals surface area contributed by atoms with Gasteiger partial charge in [-0.05, 0) is 5.92 Å². The van der Waals surface area contributed by atoms with E-state index >= 15 is 0 Å². The highest BCUT2D eigenvalue weighted by Gasteiger charge is 2.15. The summed E-state index contributed by atoms with van der Waals surface area (Å²) in [6.45, 7) is 2.28. The molecule has 0 radical (unpaired) electrons. The highest BCUT2D eigenvalue weighted by Crippen LogP contribution is 2.30. The van der Waals surface area contributed by atoms with Crippen molar-refractivity contribution in [3.8, 4) is 0 Å². The largest absolute Gasteiger partial charge is 0.344 e. The predicted molar refractivity (Wildman–Crippen MR) is 53.8 cm³/mol. The Hall–Kier alpha value is 0.250. The van der Waals surface area contributed by atoms with Crippen LogP contribution in [0, 0.1) is 5.92 Å². The van der Waals surface area contributed by atoms with Crippen molar-refractivity contribution in [3.05, 3.63) is 0 Å². The lowest BCUT2D eigenvalue weighted by molar-refractivity contribution is 0.287. The first-order valence-corrected chi connectivity index (χ1v) is 4.43. The van der Waals surface area contributed by atoms with E-state index in [0.717, 1.165) is 5.92 Å². The zero-order chi connectivity index (χ0) is 6.53. The Kier molecular flexibility index (Phi) is 10.5. The van der Waals surface area contributed by atoms with Crippen LogP contribution >= 0.6 is 12.4 Å². The molecule has 11 heavy (non-hydrogen) atoms. The maximum atomic E-state index is 2.28. The van der Waals surface area contributed by atoms with Gasteiger partial charge in [-0.25, -0.2) is 0 Å². The standard InChI is InChI=1S/C9H18.ClH.H3N/c1-2-3-4-6-9-7-5-8-9;;/h9H,2-8H2,1H3;1H;1H3. The fourth-order valence-electron chi connectivity index (χ4n) is 1.46. The molecule has 0 atom stereocenters. The van der Waals surface area contributed by atoms with E-state index in [4.69, 9.17) is 0 Å². The molecule has 2 heteroatoms. The van der Waals surface area contributed by atoms with Gasteiger partial charge in [0, 0.05) is 0 Å². The first-order chi connectivity index (χ1) is 4.43. The highest BCUT2D eigenvalue weighted by molar-refractivity contribution is 5.85. The van der Waals surface area contributed by atoms with Gasteiger partial charge in [0.15, 0.2) is 0 Å². The number of hydrogen-bond acceptors (Lipinski definition) is 1. The third-order valence-corrected chi connectivity index (χ3v) is 2.44. The second kappa shape index (κ2) is 8.35. The van der Waals surface area contributed by atoms with Crippen molar-refractivity contribution < 1.29 is 0 Å². The quantitative estimate of drug-likeness (QED) is 0.652. The van der Waals surface area contributed by atoms with Crippen LogP contribution in [0.15, 0.2) is 0 Å². The first-order valence-electron chi connectivity index (χ1n) is 4.43. The van der Waals surface area contributed by atoms with Crippen molar-refractivity contribution in [3.63, 3.8) is 0 Å². The number of unbranched alkanes of at least 4 members (excludes halogenated alkanes) is 2. The topological polar surface area (TPSA) is 35.0 Å². The molecule has 70 valence electrons. The second-order valence-corrected chi connectivity index (χ2v) is 3.29. The molecule has 0 aromatic heterocycles. The third-order valence-electron chi connectivity index (χ3n) is 2.44. The van der Waals surface area contributed by atoms with Gasteiger partial charge in [-0.15, -0.1) is 12.4 Å².